The van der Waals surface area contributed by atoms with Crippen LogP contribution in [0.15, 0.2) is 53.9 Å². The van der Waals surface area contributed by atoms with Crippen molar-refractivity contribution < 1.29 is 19.3 Å². The van der Waals surface area contributed by atoms with Gasteiger partial charge in [0.05, 0.1) is 16.2 Å². The van der Waals surface area contributed by atoms with Crippen LogP contribution in [0.4, 0.5) is 11.6 Å². The van der Waals surface area contributed by atoms with Crippen molar-refractivity contribution >= 4 is 45.7 Å². The highest BCUT2D eigenvalue weighted by atomic mass is 32.1. The maximum Gasteiger partial charge on any atom is 0.282 e. The Balaban J connectivity index is 1.21. The number of nitrogens with zero attached hydrogens (tertiary/aromatic N) is 5. The number of fused-ring (bicyclic) bond motifs is 2. The first kappa shape index (κ1) is 21.4. The molecule has 170 valence electrons. The lowest BCUT2D eigenvalue weighted by molar-refractivity contribution is -0.385. The first-order valence-electron chi connectivity index (χ1n) is 10.3. The first-order valence-corrected chi connectivity index (χ1v) is 11.1. The lowest BCUT2D eigenvalue weighted by atomic mass is 10.1. The zero-order valence-electron chi connectivity index (χ0n) is 17.5. The van der Waals surface area contributed by atoms with Gasteiger partial charge in [0.25, 0.3) is 17.5 Å². The van der Waals surface area contributed by atoms with Crippen molar-refractivity contribution in [3.05, 3.63) is 75.2 Å². The predicted octanol–water partition coefficient (Wildman–Crippen LogP) is 3.38. The standard InChI is InChI=1S/C22H16N6O5S/c29-17(23-21-24-22-27(25-21)16(12-34-22)13-6-2-1-3-7-13)10-5-11-26-19(30)14-8-4-9-15(28(32)33)18(14)20(26)31/h1-4,6-9,12H,5,10-11H2,(H,23,25,29). The molecule has 0 aliphatic carbocycles. The molecule has 1 aliphatic rings. The fraction of sp³-hybridized carbons (Fsp3) is 0.136. The molecule has 0 radical (unpaired) electrons. The average Bonchev–Trinajstić information content (AvgIpc) is 3.47. The van der Waals surface area contributed by atoms with E-state index in [2.05, 4.69) is 15.4 Å². The topological polar surface area (TPSA) is 140 Å². The smallest absolute Gasteiger partial charge is 0.282 e. The Kier molecular flexibility index (Phi) is 5.34. The number of anilines is 1. The van der Waals surface area contributed by atoms with E-state index in [1.807, 2.05) is 35.7 Å². The van der Waals surface area contributed by atoms with Gasteiger partial charge < -0.3 is 0 Å². The summed E-state index contributed by atoms with van der Waals surface area (Å²) in [5.41, 5.74) is 1.21. The van der Waals surface area contributed by atoms with Crippen molar-refractivity contribution in [3.63, 3.8) is 0 Å². The normalized spacial score (nSPS) is 12.9. The number of amides is 3. The molecule has 1 N–H and O–H groups in total. The molecule has 0 unspecified atom stereocenters. The summed E-state index contributed by atoms with van der Waals surface area (Å²) in [5, 5.41) is 20.1. The minimum Gasteiger partial charge on any atom is -0.293 e. The predicted molar refractivity (Wildman–Crippen MR) is 123 cm³/mol. The summed E-state index contributed by atoms with van der Waals surface area (Å²) in [5.74, 6) is -1.54. The van der Waals surface area contributed by atoms with E-state index in [1.165, 1.54) is 29.5 Å². The number of carbonyl (C=O) groups is 3. The Hall–Kier alpha value is -4.45. The molecule has 0 saturated carbocycles. The van der Waals surface area contributed by atoms with E-state index < -0.39 is 22.4 Å². The fourth-order valence-electron chi connectivity index (χ4n) is 3.80. The van der Waals surface area contributed by atoms with Crippen LogP contribution in [0.3, 0.4) is 0 Å². The Morgan fingerprint density at radius 3 is 2.65 bits per heavy atom. The van der Waals surface area contributed by atoms with E-state index in [0.717, 1.165) is 16.2 Å². The summed E-state index contributed by atoms with van der Waals surface area (Å²) in [7, 11) is 0. The molecular weight excluding hydrogens is 460 g/mol. The SMILES string of the molecule is O=C(CCCN1C(=O)c2cccc([N+](=O)[O-])c2C1=O)Nc1nc2scc(-c3ccccc3)n2n1. The number of aromatic nitrogens is 3. The molecule has 4 aromatic rings. The van der Waals surface area contributed by atoms with Gasteiger partial charge in [-0.25, -0.2) is 4.52 Å². The number of thiazole rings is 1. The van der Waals surface area contributed by atoms with Crippen LogP contribution in [0.25, 0.3) is 16.2 Å². The van der Waals surface area contributed by atoms with Gasteiger partial charge in [-0.3, -0.25) is 34.7 Å². The third-order valence-corrected chi connectivity index (χ3v) is 6.18. The maximum atomic E-state index is 12.6. The molecular formula is C22H16N6O5S. The number of benzene rings is 2. The van der Waals surface area contributed by atoms with E-state index in [0.29, 0.717) is 4.96 Å². The molecule has 2 aromatic heterocycles. The molecule has 34 heavy (non-hydrogen) atoms. The van der Waals surface area contributed by atoms with Crippen molar-refractivity contribution in [2.24, 2.45) is 0 Å². The Morgan fingerprint density at radius 2 is 1.88 bits per heavy atom. The van der Waals surface area contributed by atoms with Gasteiger partial charge >= 0.3 is 0 Å². The van der Waals surface area contributed by atoms with Crippen LogP contribution in [0.5, 0.6) is 0 Å². The van der Waals surface area contributed by atoms with Crippen LogP contribution in [0.2, 0.25) is 0 Å². The molecule has 0 spiro atoms. The highest BCUT2D eigenvalue weighted by Gasteiger charge is 2.40. The molecule has 5 rings (SSSR count). The van der Waals surface area contributed by atoms with Gasteiger partial charge in [-0.05, 0) is 12.5 Å². The van der Waals surface area contributed by atoms with E-state index in [1.54, 1.807) is 4.52 Å². The molecule has 0 saturated heterocycles. The molecule has 0 fully saturated rings. The second kappa shape index (κ2) is 8.48. The van der Waals surface area contributed by atoms with E-state index in [-0.39, 0.29) is 42.4 Å². The van der Waals surface area contributed by atoms with Gasteiger partial charge in [-0.2, -0.15) is 4.98 Å². The van der Waals surface area contributed by atoms with Crippen LogP contribution in [0, 0.1) is 10.1 Å². The summed E-state index contributed by atoms with van der Waals surface area (Å²) < 4.78 is 1.65. The summed E-state index contributed by atoms with van der Waals surface area (Å²) >= 11 is 1.40. The van der Waals surface area contributed by atoms with Crippen LogP contribution in [-0.2, 0) is 4.79 Å². The number of nitrogens with one attached hydrogen (secondary N) is 1. The highest BCUT2D eigenvalue weighted by Crippen LogP contribution is 2.31. The quantitative estimate of drug-likeness (QED) is 0.245. The Labute approximate surface area is 195 Å². The van der Waals surface area contributed by atoms with Crippen LogP contribution < -0.4 is 5.32 Å². The Morgan fingerprint density at radius 1 is 1.09 bits per heavy atom. The van der Waals surface area contributed by atoms with Gasteiger partial charge in [0.1, 0.15) is 5.56 Å². The van der Waals surface area contributed by atoms with Gasteiger partial charge in [0.2, 0.25) is 16.8 Å². The second-order valence-corrected chi connectivity index (χ2v) is 8.32. The van der Waals surface area contributed by atoms with E-state index in [9.17, 15) is 24.5 Å². The maximum absolute atomic E-state index is 12.6. The molecule has 2 aromatic carbocycles. The Bertz CT molecular complexity index is 1460. The van der Waals surface area contributed by atoms with Crippen LogP contribution in [-0.4, -0.2) is 48.7 Å². The minimum atomic E-state index is -0.725. The fourth-order valence-corrected chi connectivity index (χ4v) is 4.63. The van der Waals surface area contributed by atoms with Gasteiger partial charge in [0, 0.05) is 30.0 Å². The van der Waals surface area contributed by atoms with Crippen molar-refractivity contribution in [2.45, 2.75) is 12.8 Å². The average molecular weight is 476 g/mol. The minimum absolute atomic E-state index is 0.000141. The first-order chi connectivity index (χ1) is 16.4. The number of carbonyl (C=O) groups excluding carboxylic acids is 3. The molecule has 3 heterocycles. The molecule has 11 nitrogen and oxygen atoms in total. The molecule has 12 heteroatoms. The summed E-state index contributed by atoms with van der Waals surface area (Å²) in [6, 6.07) is 13.6. The number of imide groups is 1. The molecule has 1 aliphatic heterocycles. The molecule has 0 atom stereocenters. The third kappa shape index (κ3) is 3.69. The van der Waals surface area contributed by atoms with Crippen molar-refractivity contribution in [2.75, 3.05) is 11.9 Å². The summed E-state index contributed by atoms with van der Waals surface area (Å²) in [6.45, 7) is -0.0409. The number of hydrogen-bond donors (Lipinski definition) is 1. The molecule has 0 bridgehead atoms. The van der Waals surface area contributed by atoms with Crippen LogP contribution >= 0.6 is 11.3 Å². The number of hydrogen-bond acceptors (Lipinski definition) is 8. The lowest BCUT2D eigenvalue weighted by Gasteiger charge is -2.13. The van der Waals surface area contributed by atoms with Crippen LogP contribution in [0.1, 0.15) is 33.6 Å². The van der Waals surface area contributed by atoms with Gasteiger partial charge in [-0.15, -0.1) is 16.4 Å². The van der Waals surface area contributed by atoms with Crippen molar-refractivity contribution in [1.29, 1.82) is 0 Å². The van der Waals surface area contributed by atoms with Gasteiger partial charge in [-0.1, -0.05) is 36.4 Å². The molecule has 3 amide bonds. The summed E-state index contributed by atoms with van der Waals surface area (Å²) in [6.07, 6.45) is 0.191. The largest absolute Gasteiger partial charge is 0.293 e. The zero-order valence-corrected chi connectivity index (χ0v) is 18.3. The summed E-state index contributed by atoms with van der Waals surface area (Å²) in [4.78, 5) is 53.9. The monoisotopic (exact) mass is 476 g/mol. The second-order valence-electron chi connectivity index (χ2n) is 7.49. The van der Waals surface area contributed by atoms with E-state index >= 15 is 0 Å². The number of rotatable bonds is 7. The number of nitro benzene ring substituents is 1. The van der Waals surface area contributed by atoms with Crippen molar-refractivity contribution in [3.8, 4) is 11.3 Å². The zero-order chi connectivity index (χ0) is 23.8. The lowest BCUT2D eigenvalue weighted by Crippen LogP contribution is -2.31. The van der Waals surface area contributed by atoms with E-state index in [4.69, 9.17) is 0 Å². The third-order valence-electron chi connectivity index (χ3n) is 5.36. The number of nitro groups is 1. The van der Waals surface area contributed by atoms with Crippen molar-refractivity contribution in [1.82, 2.24) is 19.5 Å². The highest BCUT2D eigenvalue weighted by molar-refractivity contribution is 7.15. The van der Waals surface area contributed by atoms with Gasteiger partial charge in [0.15, 0.2) is 0 Å².